The summed E-state index contributed by atoms with van der Waals surface area (Å²) >= 11 is 0. The summed E-state index contributed by atoms with van der Waals surface area (Å²) in [4.78, 5) is -0.0848. The molecule has 18 heavy (non-hydrogen) atoms. The van der Waals surface area contributed by atoms with Crippen molar-refractivity contribution in [3.63, 3.8) is 0 Å². The standard InChI is InChI=1S/C12H15NO4S/c1-8(7-14)13-9(2)12(18(15,16)17)10-5-3-4-6-11(10)13/h3-6,8,14H,7H2,1-2H3,(H,15,16,17). The number of hydrogen-bond donors (Lipinski definition) is 2. The SMILES string of the molecule is Cc1c(S(=O)(=O)O)c2ccccc2n1C(C)CO. The van der Waals surface area contributed by atoms with Crippen molar-refractivity contribution in [3.05, 3.63) is 30.0 Å². The molecule has 0 fully saturated rings. The first-order valence-corrected chi connectivity index (χ1v) is 6.99. The lowest BCUT2D eigenvalue weighted by Gasteiger charge is -2.14. The molecule has 0 aliphatic carbocycles. The molecule has 1 aromatic heterocycles. The van der Waals surface area contributed by atoms with Gasteiger partial charge in [-0.25, -0.2) is 0 Å². The monoisotopic (exact) mass is 269 g/mol. The highest BCUT2D eigenvalue weighted by Crippen LogP contribution is 2.31. The Morgan fingerprint density at radius 1 is 1.33 bits per heavy atom. The number of aliphatic hydroxyl groups excluding tert-OH is 1. The van der Waals surface area contributed by atoms with E-state index in [0.29, 0.717) is 16.6 Å². The number of hydrogen-bond acceptors (Lipinski definition) is 3. The van der Waals surface area contributed by atoms with Crippen LogP contribution in [-0.4, -0.2) is 29.3 Å². The quantitative estimate of drug-likeness (QED) is 0.832. The average molecular weight is 269 g/mol. The van der Waals surface area contributed by atoms with Crippen LogP contribution in [0.1, 0.15) is 18.7 Å². The Labute approximate surface area is 105 Å². The summed E-state index contributed by atoms with van der Waals surface area (Å²) in [5.74, 6) is 0. The third-order valence-corrected chi connectivity index (χ3v) is 4.09. The molecule has 0 amide bonds. The predicted molar refractivity (Wildman–Crippen MR) is 68.3 cm³/mol. The maximum atomic E-state index is 11.5. The highest BCUT2D eigenvalue weighted by atomic mass is 32.2. The molecule has 0 bridgehead atoms. The molecule has 2 aromatic rings. The van der Waals surface area contributed by atoms with Crippen molar-refractivity contribution in [1.82, 2.24) is 4.57 Å². The average Bonchev–Trinajstić information content (AvgIpc) is 2.59. The highest BCUT2D eigenvalue weighted by molar-refractivity contribution is 7.86. The van der Waals surface area contributed by atoms with E-state index in [-0.39, 0.29) is 17.5 Å². The van der Waals surface area contributed by atoms with Gasteiger partial charge in [-0.15, -0.1) is 0 Å². The molecule has 0 aliphatic heterocycles. The molecular weight excluding hydrogens is 254 g/mol. The van der Waals surface area contributed by atoms with Gasteiger partial charge in [-0.05, 0) is 19.9 Å². The van der Waals surface area contributed by atoms with E-state index in [9.17, 15) is 18.1 Å². The minimum atomic E-state index is -4.28. The van der Waals surface area contributed by atoms with Gasteiger partial charge in [0.1, 0.15) is 4.90 Å². The number of nitrogens with zero attached hydrogens (tertiary/aromatic N) is 1. The largest absolute Gasteiger partial charge is 0.394 e. The van der Waals surface area contributed by atoms with Gasteiger partial charge < -0.3 is 9.67 Å². The Morgan fingerprint density at radius 3 is 2.50 bits per heavy atom. The Balaban J connectivity index is 2.93. The first-order chi connectivity index (χ1) is 8.38. The van der Waals surface area contributed by atoms with Crippen LogP contribution in [0.15, 0.2) is 29.2 Å². The zero-order chi connectivity index (χ0) is 13.5. The van der Waals surface area contributed by atoms with Crippen molar-refractivity contribution < 1.29 is 18.1 Å². The molecule has 0 radical (unpaired) electrons. The van der Waals surface area contributed by atoms with Gasteiger partial charge in [-0.1, -0.05) is 18.2 Å². The molecule has 1 aromatic carbocycles. The molecule has 2 N–H and O–H groups in total. The van der Waals surface area contributed by atoms with Crippen molar-refractivity contribution in [3.8, 4) is 0 Å². The van der Waals surface area contributed by atoms with E-state index in [1.165, 1.54) is 0 Å². The fraction of sp³-hybridized carbons (Fsp3) is 0.333. The van der Waals surface area contributed by atoms with Crippen LogP contribution in [0.3, 0.4) is 0 Å². The van der Waals surface area contributed by atoms with E-state index in [0.717, 1.165) is 0 Å². The van der Waals surface area contributed by atoms with E-state index < -0.39 is 10.1 Å². The Bertz CT molecular complexity index is 687. The second kappa shape index (κ2) is 4.38. The van der Waals surface area contributed by atoms with Crippen LogP contribution in [0.2, 0.25) is 0 Å². The van der Waals surface area contributed by atoms with Gasteiger partial charge in [-0.2, -0.15) is 8.42 Å². The summed E-state index contributed by atoms with van der Waals surface area (Å²) in [6, 6.07) is 6.65. The van der Waals surface area contributed by atoms with E-state index in [1.807, 2.05) is 0 Å². The van der Waals surface area contributed by atoms with E-state index in [4.69, 9.17) is 0 Å². The van der Waals surface area contributed by atoms with Crippen LogP contribution < -0.4 is 0 Å². The first kappa shape index (κ1) is 13.1. The molecular formula is C12H15NO4S. The molecule has 1 unspecified atom stereocenters. The van der Waals surface area contributed by atoms with Crippen LogP contribution in [0.5, 0.6) is 0 Å². The summed E-state index contributed by atoms with van der Waals surface area (Å²) in [6.07, 6.45) is 0. The van der Waals surface area contributed by atoms with Gasteiger partial charge in [0.05, 0.1) is 12.6 Å². The zero-order valence-corrected chi connectivity index (χ0v) is 11.0. The van der Waals surface area contributed by atoms with Crippen LogP contribution in [-0.2, 0) is 10.1 Å². The topological polar surface area (TPSA) is 79.5 Å². The number of aliphatic hydroxyl groups is 1. The molecule has 0 spiro atoms. The Morgan fingerprint density at radius 2 is 1.94 bits per heavy atom. The summed E-state index contributed by atoms with van der Waals surface area (Å²) in [5.41, 5.74) is 1.12. The number of benzene rings is 1. The third kappa shape index (κ3) is 1.92. The van der Waals surface area contributed by atoms with Crippen LogP contribution in [0, 0.1) is 6.92 Å². The highest BCUT2D eigenvalue weighted by Gasteiger charge is 2.24. The summed E-state index contributed by atoms with van der Waals surface area (Å²) in [6.45, 7) is 3.30. The first-order valence-electron chi connectivity index (χ1n) is 5.55. The number of fused-ring (bicyclic) bond motifs is 1. The summed E-state index contributed by atoms with van der Waals surface area (Å²) < 4.78 is 34.0. The second-order valence-electron chi connectivity index (χ2n) is 4.31. The van der Waals surface area contributed by atoms with E-state index in [1.54, 1.807) is 42.7 Å². The zero-order valence-electron chi connectivity index (χ0n) is 10.2. The van der Waals surface area contributed by atoms with Crippen molar-refractivity contribution in [2.24, 2.45) is 0 Å². The van der Waals surface area contributed by atoms with Crippen LogP contribution >= 0.6 is 0 Å². The summed E-state index contributed by atoms with van der Waals surface area (Å²) in [5, 5.41) is 9.72. The molecule has 1 heterocycles. The fourth-order valence-corrected chi connectivity index (χ4v) is 3.26. The Kier molecular flexibility index (Phi) is 3.18. The lowest BCUT2D eigenvalue weighted by Crippen LogP contribution is -2.11. The van der Waals surface area contributed by atoms with Gasteiger partial charge in [-0.3, -0.25) is 4.55 Å². The molecule has 2 rings (SSSR count). The predicted octanol–water partition coefficient (Wildman–Crippen LogP) is 1.75. The molecule has 0 aliphatic rings. The van der Waals surface area contributed by atoms with Gasteiger partial charge >= 0.3 is 0 Å². The number of aromatic nitrogens is 1. The third-order valence-electron chi connectivity index (χ3n) is 3.06. The van der Waals surface area contributed by atoms with Gasteiger partial charge in [0, 0.05) is 16.6 Å². The fourth-order valence-electron chi connectivity index (χ4n) is 2.34. The van der Waals surface area contributed by atoms with E-state index in [2.05, 4.69) is 0 Å². The van der Waals surface area contributed by atoms with Gasteiger partial charge in [0.15, 0.2) is 0 Å². The second-order valence-corrected chi connectivity index (χ2v) is 5.67. The smallest absolute Gasteiger partial charge is 0.296 e. The molecule has 0 saturated heterocycles. The lowest BCUT2D eigenvalue weighted by molar-refractivity contribution is 0.240. The molecule has 5 nitrogen and oxygen atoms in total. The van der Waals surface area contributed by atoms with Crippen molar-refractivity contribution in [1.29, 1.82) is 0 Å². The molecule has 0 saturated carbocycles. The van der Waals surface area contributed by atoms with Crippen molar-refractivity contribution in [2.45, 2.75) is 24.8 Å². The molecule has 98 valence electrons. The van der Waals surface area contributed by atoms with Crippen molar-refractivity contribution >= 4 is 21.0 Å². The van der Waals surface area contributed by atoms with Crippen LogP contribution in [0.25, 0.3) is 10.9 Å². The van der Waals surface area contributed by atoms with Gasteiger partial charge in [0.2, 0.25) is 0 Å². The Hall–Kier alpha value is -1.37. The minimum absolute atomic E-state index is 0.0848. The molecule has 6 heteroatoms. The molecule has 1 atom stereocenters. The lowest BCUT2D eigenvalue weighted by atomic mass is 10.2. The number of para-hydroxylation sites is 1. The van der Waals surface area contributed by atoms with Gasteiger partial charge in [0.25, 0.3) is 10.1 Å². The maximum absolute atomic E-state index is 11.5. The van der Waals surface area contributed by atoms with Crippen molar-refractivity contribution in [2.75, 3.05) is 6.61 Å². The summed E-state index contributed by atoms with van der Waals surface area (Å²) in [7, 11) is -4.28. The normalized spacial score (nSPS) is 14.0. The maximum Gasteiger partial charge on any atom is 0.296 e. The van der Waals surface area contributed by atoms with Crippen LogP contribution in [0.4, 0.5) is 0 Å². The minimum Gasteiger partial charge on any atom is -0.394 e. The number of rotatable bonds is 3. The van der Waals surface area contributed by atoms with E-state index >= 15 is 0 Å².